The third-order valence-electron chi connectivity index (χ3n) is 3.62. The summed E-state index contributed by atoms with van der Waals surface area (Å²) in [5, 5.41) is 13.7. The monoisotopic (exact) mass is 444 g/mol. The summed E-state index contributed by atoms with van der Waals surface area (Å²) in [6, 6.07) is 7.60. The average Bonchev–Trinajstić information content (AvgIpc) is 2.67. The molecule has 1 N–H and O–H groups in total. The molecule has 0 saturated carbocycles. The lowest BCUT2D eigenvalue weighted by Gasteiger charge is -2.12. The smallest absolute Gasteiger partial charge is 0.175 e. The largest absolute Gasteiger partial charge is 0.493 e. The van der Waals surface area contributed by atoms with Crippen molar-refractivity contribution in [3.8, 4) is 17.6 Å². The maximum Gasteiger partial charge on any atom is 0.175 e. The Balaban J connectivity index is 2.27. The van der Waals surface area contributed by atoms with Gasteiger partial charge in [-0.15, -0.1) is 0 Å². The topological polar surface area (TPSA) is 88.8 Å². The molecule has 0 unspecified atom stereocenters. The van der Waals surface area contributed by atoms with Gasteiger partial charge in [-0.2, -0.15) is 10.4 Å². The predicted octanol–water partition coefficient (Wildman–Crippen LogP) is 4.19. The first kappa shape index (κ1) is 21.4. The fourth-order valence-electron chi connectivity index (χ4n) is 2.48. The number of hydrogen-bond donors (Lipinski definition) is 1. The Labute approximate surface area is 172 Å². The number of aryl methyl sites for hydroxylation is 1. The third kappa shape index (κ3) is 5.31. The SMILES string of the molecule is C=CCOc1c(Br)cc(/C=N\Nc2nc(C)cc(COC)c2C#N)cc1OC. The second-order valence-electron chi connectivity index (χ2n) is 5.69. The van der Waals surface area contributed by atoms with Gasteiger partial charge in [-0.3, -0.25) is 5.43 Å². The quantitative estimate of drug-likeness (QED) is 0.354. The van der Waals surface area contributed by atoms with Gasteiger partial charge in [-0.25, -0.2) is 4.98 Å². The number of ether oxygens (including phenoxy) is 3. The van der Waals surface area contributed by atoms with Crippen LogP contribution in [0.2, 0.25) is 0 Å². The summed E-state index contributed by atoms with van der Waals surface area (Å²) in [5.74, 6) is 1.53. The molecule has 0 saturated heterocycles. The molecule has 146 valence electrons. The van der Waals surface area contributed by atoms with Gasteiger partial charge in [-0.05, 0) is 46.6 Å². The highest BCUT2D eigenvalue weighted by atomic mass is 79.9. The number of hydrogen-bond acceptors (Lipinski definition) is 7. The second-order valence-corrected chi connectivity index (χ2v) is 6.55. The summed E-state index contributed by atoms with van der Waals surface area (Å²) < 4.78 is 16.9. The third-order valence-corrected chi connectivity index (χ3v) is 4.21. The van der Waals surface area contributed by atoms with Crippen molar-refractivity contribution in [3.05, 3.63) is 57.7 Å². The Bertz CT molecular complexity index is 923. The zero-order chi connectivity index (χ0) is 20.5. The van der Waals surface area contributed by atoms with Gasteiger partial charge in [0.25, 0.3) is 0 Å². The van der Waals surface area contributed by atoms with Crippen molar-refractivity contribution in [2.24, 2.45) is 5.10 Å². The number of rotatable bonds is 9. The Hall–Kier alpha value is -2.89. The van der Waals surface area contributed by atoms with E-state index >= 15 is 0 Å². The van der Waals surface area contributed by atoms with Crippen LogP contribution in [0, 0.1) is 18.3 Å². The lowest BCUT2D eigenvalue weighted by atomic mass is 10.1. The Morgan fingerprint density at radius 2 is 2.14 bits per heavy atom. The number of aromatic nitrogens is 1. The molecule has 1 aromatic heterocycles. The van der Waals surface area contributed by atoms with Gasteiger partial charge in [0.2, 0.25) is 0 Å². The van der Waals surface area contributed by atoms with Crippen LogP contribution in [0.4, 0.5) is 5.82 Å². The predicted molar refractivity (Wildman–Crippen MR) is 112 cm³/mol. The lowest BCUT2D eigenvalue weighted by Crippen LogP contribution is -2.03. The van der Waals surface area contributed by atoms with Crippen LogP contribution < -0.4 is 14.9 Å². The van der Waals surface area contributed by atoms with Gasteiger partial charge in [-0.1, -0.05) is 12.7 Å². The average molecular weight is 445 g/mol. The van der Waals surface area contributed by atoms with E-state index in [4.69, 9.17) is 14.2 Å². The molecule has 28 heavy (non-hydrogen) atoms. The zero-order valence-electron chi connectivity index (χ0n) is 16.0. The fourth-order valence-corrected chi connectivity index (χ4v) is 3.05. The van der Waals surface area contributed by atoms with Crippen molar-refractivity contribution >= 4 is 28.0 Å². The maximum absolute atomic E-state index is 9.46. The van der Waals surface area contributed by atoms with Crippen LogP contribution in [0.25, 0.3) is 0 Å². The van der Waals surface area contributed by atoms with Gasteiger partial charge >= 0.3 is 0 Å². The number of hydrazone groups is 1. The van der Waals surface area contributed by atoms with Crippen LogP contribution in [0.3, 0.4) is 0 Å². The normalized spacial score (nSPS) is 10.5. The van der Waals surface area contributed by atoms with E-state index in [-0.39, 0.29) is 0 Å². The number of nitrogens with one attached hydrogen (secondary N) is 1. The molecule has 2 aromatic rings. The molecule has 0 fully saturated rings. The molecule has 8 heteroatoms. The first-order chi connectivity index (χ1) is 13.5. The molecule has 0 atom stereocenters. The highest BCUT2D eigenvalue weighted by Crippen LogP contribution is 2.36. The van der Waals surface area contributed by atoms with E-state index < -0.39 is 0 Å². The van der Waals surface area contributed by atoms with Crippen molar-refractivity contribution in [1.29, 1.82) is 5.26 Å². The number of pyridine rings is 1. The molecule has 0 aliphatic heterocycles. The van der Waals surface area contributed by atoms with Crippen molar-refractivity contribution in [1.82, 2.24) is 4.98 Å². The minimum absolute atomic E-state index is 0.320. The Kier molecular flexibility index (Phi) is 7.99. The van der Waals surface area contributed by atoms with Crippen molar-refractivity contribution in [2.45, 2.75) is 13.5 Å². The van der Waals surface area contributed by atoms with Crippen LogP contribution >= 0.6 is 15.9 Å². The zero-order valence-corrected chi connectivity index (χ0v) is 17.5. The molecular formula is C20H21BrN4O3. The van der Waals surface area contributed by atoms with Crippen molar-refractivity contribution < 1.29 is 14.2 Å². The van der Waals surface area contributed by atoms with Crippen LogP contribution in [0.1, 0.15) is 22.4 Å². The molecule has 1 heterocycles. The summed E-state index contributed by atoms with van der Waals surface area (Å²) in [6.45, 7) is 6.17. The minimum Gasteiger partial charge on any atom is -0.493 e. The molecule has 1 aromatic carbocycles. The van der Waals surface area contributed by atoms with Gasteiger partial charge < -0.3 is 14.2 Å². The molecule has 0 spiro atoms. The maximum atomic E-state index is 9.46. The van der Waals surface area contributed by atoms with Gasteiger partial charge in [0, 0.05) is 18.4 Å². The Morgan fingerprint density at radius 3 is 2.79 bits per heavy atom. The number of nitrogens with zero attached hydrogens (tertiary/aromatic N) is 3. The van der Waals surface area contributed by atoms with Crippen molar-refractivity contribution in [2.75, 3.05) is 26.3 Å². The summed E-state index contributed by atoms with van der Waals surface area (Å²) in [4.78, 5) is 4.35. The van der Waals surface area contributed by atoms with E-state index in [2.05, 4.69) is 44.1 Å². The number of halogens is 1. The summed E-state index contributed by atoms with van der Waals surface area (Å²) in [7, 11) is 3.14. The molecule has 0 aliphatic rings. The molecule has 2 rings (SSSR count). The van der Waals surface area contributed by atoms with E-state index in [1.165, 1.54) is 0 Å². The van der Waals surface area contributed by atoms with E-state index in [1.54, 1.807) is 32.6 Å². The first-order valence-electron chi connectivity index (χ1n) is 8.33. The standard InChI is InChI=1S/C20H21BrN4O3/c1-5-6-28-19-17(21)8-14(9-18(19)27-4)11-23-25-20-16(10-22)15(12-26-3)7-13(2)24-20/h5,7-9,11H,1,6,12H2,2-4H3,(H,24,25)/b23-11-. The van der Waals surface area contributed by atoms with Gasteiger partial charge in [0.1, 0.15) is 18.2 Å². The minimum atomic E-state index is 0.320. The number of nitriles is 1. The molecule has 7 nitrogen and oxygen atoms in total. The van der Waals surface area contributed by atoms with E-state index in [1.807, 2.05) is 19.1 Å². The number of anilines is 1. The first-order valence-corrected chi connectivity index (χ1v) is 9.13. The molecule has 0 radical (unpaired) electrons. The van der Waals surface area contributed by atoms with E-state index in [0.717, 1.165) is 21.3 Å². The van der Waals surface area contributed by atoms with Crippen LogP contribution in [0.15, 0.2) is 40.4 Å². The van der Waals surface area contributed by atoms with Crippen LogP contribution in [-0.2, 0) is 11.3 Å². The van der Waals surface area contributed by atoms with Crippen LogP contribution in [0.5, 0.6) is 11.5 Å². The van der Waals surface area contributed by atoms with E-state index in [0.29, 0.717) is 36.1 Å². The van der Waals surface area contributed by atoms with Gasteiger partial charge in [0.15, 0.2) is 17.3 Å². The highest BCUT2D eigenvalue weighted by Gasteiger charge is 2.12. The molecule has 0 bridgehead atoms. The molecular weight excluding hydrogens is 424 g/mol. The lowest BCUT2D eigenvalue weighted by molar-refractivity contribution is 0.184. The van der Waals surface area contributed by atoms with Crippen molar-refractivity contribution in [3.63, 3.8) is 0 Å². The highest BCUT2D eigenvalue weighted by molar-refractivity contribution is 9.10. The number of methoxy groups -OCH3 is 2. The summed E-state index contributed by atoms with van der Waals surface area (Å²) in [6.07, 6.45) is 3.26. The van der Waals surface area contributed by atoms with Crippen LogP contribution in [-0.4, -0.2) is 32.0 Å². The Morgan fingerprint density at radius 1 is 1.36 bits per heavy atom. The number of benzene rings is 1. The van der Waals surface area contributed by atoms with E-state index in [9.17, 15) is 5.26 Å². The summed E-state index contributed by atoms with van der Waals surface area (Å²) >= 11 is 3.47. The fraction of sp³-hybridized carbons (Fsp3) is 0.250. The molecule has 0 aliphatic carbocycles. The summed E-state index contributed by atoms with van der Waals surface area (Å²) in [5.41, 5.74) is 5.52. The molecule has 0 amide bonds. The second kappa shape index (κ2) is 10.4. The van der Waals surface area contributed by atoms with Gasteiger partial charge in [0.05, 0.1) is 24.4 Å².